The number of imidazole rings is 1. The third-order valence-electron chi connectivity index (χ3n) is 4.36. The van der Waals surface area contributed by atoms with Gasteiger partial charge in [0.15, 0.2) is 27.2 Å². The minimum atomic E-state index is -0.387. The number of thioether (sulfide) groups is 1. The number of benzene rings is 1. The molecule has 3 heterocycles. The van der Waals surface area contributed by atoms with Crippen LogP contribution in [0.2, 0.25) is 0 Å². The molecule has 0 radical (unpaired) electrons. The van der Waals surface area contributed by atoms with Gasteiger partial charge in [-0.25, -0.2) is 15.0 Å². The number of hydrogen-bond acceptors (Lipinski definition) is 9. The third kappa shape index (κ3) is 4.65. The normalized spacial score (nSPS) is 15.5. The summed E-state index contributed by atoms with van der Waals surface area (Å²) in [6.45, 7) is 2.24. The van der Waals surface area contributed by atoms with E-state index < -0.39 is 0 Å². The van der Waals surface area contributed by atoms with Gasteiger partial charge in [0.05, 0.1) is 6.61 Å². The van der Waals surface area contributed by atoms with E-state index in [1.807, 2.05) is 34.9 Å². The number of rotatable bonds is 8. The van der Waals surface area contributed by atoms with Crippen LogP contribution in [0.1, 0.15) is 18.9 Å². The predicted octanol–water partition coefficient (Wildman–Crippen LogP) is 2.87. The van der Waals surface area contributed by atoms with Gasteiger partial charge in [0.1, 0.15) is 12.6 Å². The Labute approximate surface area is 177 Å². The van der Waals surface area contributed by atoms with Crippen molar-refractivity contribution in [1.82, 2.24) is 19.5 Å². The number of ether oxygens (including phenoxy) is 3. The lowest BCUT2D eigenvalue weighted by Gasteiger charge is -2.12. The highest BCUT2D eigenvalue weighted by molar-refractivity contribution is 8.02. The van der Waals surface area contributed by atoms with Gasteiger partial charge in [-0.05, 0) is 23.7 Å². The number of fused-ring (bicyclic) bond motifs is 1. The van der Waals surface area contributed by atoms with Gasteiger partial charge in [-0.1, -0.05) is 30.3 Å². The molecule has 9 nitrogen and oxygen atoms in total. The Kier molecular flexibility index (Phi) is 6.03. The molecule has 0 spiro atoms. The Balaban J connectivity index is 1.47. The number of hydrogen-bond donors (Lipinski definition) is 1. The van der Waals surface area contributed by atoms with Crippen molar-refractivity contribution in [2.24, 2.45) is 0 Å². The summed E-state index contributed by atoms with van der Waals surface area (Å²) >= 11 is 1.33. The summed E-state index contributed by atoms with van der Waals surface area (Å²) in [7, 11) is 0. The molecule has 4 rings (SSSR count). The fourth-order valence-corrected chi connectivity index (χ4v) is 3.87. The highest BCUT2D eigenvalue weighted by atomic mass is 32.2. The Morgan fingerprint density at radius 1 is 1.30 bits per heavy atom. The summed E-state index contributed by atoms with van der Waals surface area (Å²) in [6.07, 6.45) is 3.85. The van der Waals surface area contributed by atoms with Crippen LogP contribution in [0.15, 0.2) is 53.2 Å². The first-order valence-corrected chi connectivity index (χ1v) is 10.3. The number of carbonyl (C=O) groups is 1. The monoisotopic (exact) mass is 427 g/mol. The third-order valence-corrected chi connectivity index (χ3v) is 5.25. The zero-order chi connectivity index (χ0) is 20.9. The molecule has 0 fully saturated rings. The lowest BCUT2D eigenvalue weighted by atomic mass is 10.1. The van der Waals surface area contributed by atoms with Crippen LogP contribution in [0, 0.1) is 0 Å². The molecule has 2 aromatic heterocycles. The van der Waals surface area contributed by atoms with E-state index in [1.54, 1.807) is 6.26 Å². The van der Waals surface area contributed by atoms with Gasteiger partial charge < -0.3 is 24.5 Å². The van der Waals surface area contributed by atoms with Crippen molar-refractivity contribution in [1.29, 1.82) is 0 Å². The van der Waals surface area contributed by atoms with E-state index in [4.69, 9.17) is 19.9 Å². The average Bonchev–Trinajstić information content (AvgIpc) is 3.31. The lowest BCUT2D eigenvalue weighted by molar-refractivity contribution is -0.141. The molecule has 30 heavy (non-hydrogen) atoms. The maximum Gasteiger partial charge on any atom is 0.302 e. The number of nitrogens with two attached hydrogens (primary N) is 1. The molecule has 3 aromatic rings. The molecular formula is C20H21N5O4S. The van der Waals surface area contributed by atoms with Crippen molar-refractivity contribution in [3.63, 3.8) is 0 Å². The van der Waals surface area contributed by atoms with Crippen molar-refractivity contribution in [3.05, 3.63) is 53.6 Å². The maximum absolute atomic E-state index is 11.0. The van der Waals surface area contributed by atoms with Crippen molar-refractivity contribution in [2.45, 2.75) is 37.8 Å². The van der Waals surface area contributed by atoms with Crippen molar-refractivity contribution >= 4 is 34.7 Å². The SMILES string of the molecule is CC(=O)OCCCn1c(SC2=COC(Cc3ccccc3)O2)nc2c(N)ncnc21. The standard InChI is InChI=1S/C20H21N5O4S/c1-13(26)27-9-5-8-25-19-17(18(21)22-12-23-19)24-20(25)30-16-11-28-15(29-16)10-14-6-3-2-4-7-14/h2-4,6-7,11-12,15H,5,8-10H2,1H3,(H2,21,22,23). The number of carbonyl (C=O) groups excluding carboxylic acids is 1. The molecule has 1 unspecified atom stereocenters. The van der Waals surface area contributed by atoms with Crippen LogP contribution in [0.5, 0.6) is 0 Å². The van der Waals surface area contributed by atoms with E-state index in [1.165, 1.54) is 25.0 Å². The van der Waals surface area contributed by atoms with Gasteiger partial charge in [-0.3, -0.25) is 4.79 Å². The van der Waals surface area contributed by atoms with Crippen molar-refractivity contribution in [3.8, 4) is 0 Å². The number of esters is 1. The number of aromatic nitrogens is 4. The summed E-state index contributed by atoms with van der Waals surface area (Å²) in [6, 6.07) is 10.00. The molecule has 156 valence electrons. The zero-order valence-electron chi connectivity index (χ0n) is 16.4. The van der Waals surface area contributed by atoms with Crippen LogP contribution in [0.25, 0.3) is 11.2 Å². The first-order valence-electron chi connectivity index (χ1n) is 9.44. The zero-order valence-corrected chi connectivity index (χ0v) is 17.2. The van der Waals surface area contributed by atoms with Crippen molar-refractivity contribution < 1.29 is 19.0 Å². The number of nitrogens with zero attached hydrogens (tertiary/aromatic N) is 4. The van der Waals surface area contributed by atoms with Gasteiger partial charge in [0.25, 0.3) is 0 Å². The first-order chi connectivity index (χ1) is 14.6. The summed E-state index contributed by atoms with van der Waals surface area (Å²) in [5, 5.41) is 1.24. The minimum Gasteiger partial charge on any atom is -0.466 e. The Morgan fingerprint density at radius 2 is 2.13 bits per heavy atom. The van der Waals surface area contributed by atoms with Gasteiger partial charge in [-0.2, -0.15) is 0 Å². The minimum absolute atomic E-state index is 0.306. The van der Waals surface area contributed by atoms with E-state index >= 15 is 0 Å². The highest BCUT2D eigenvalue weighted by Gasteiger charge is 2.24. The molecular weight excluding hydrogens is 406 g/mol. The molecule has 1 aliphatic rings. The topological polar surface area (TPSA) is 114 Å². The van der Waals surface area contributed by atoms with Crippen molar-refractivity contribution in [2.75, 3.05) is 12.3 Å². The highest BCUT2D eigenvalue weighted by Crippen LogP contribution is 2.34. The van der Waals surface area contributed by atoms with E-state index in [9.17, 15) is 4.79 Å². The maximum atomic E-state index is 11.0. The largest absolute Gasteiger partial charge is 0.466 e. The molecule has 10 heteroatoms. The van der Waals surface area contributed by atoms with E-state index in [2.05, 4.69) is 15.0 Å². The van der Waals surface area contributed by atoms with Crippen LogP contribution >= 0.6 is 11.8 Å². The van der Waals surface area contributed by atoms with E-state index in [-0.39, 0.29) is 12.3 Å². The second-order valence-corrected chi connectivity index (χ2v) is 7.55. The molecule has 1 atom stereocenters. The van der Waals surface area contributed by atoms with Crippen LogP contribution < -0.4 is 5.73 Å². The molecule has 0 saturated carbocycles. The molecule has 0 amide bonds. The Morgan fingerprint density at radius 3 is 2.93 bits per heavy atom. The molecule has 0 saturated heterocycles. The second-order valence-electron chi connectivity index (χ2n) is 6.58. The molecule has 1 aromatic carbocycles. The Bertz CT molecular complexity index is 1070. The Hall–Kier alpha value is -3.27. The van der Waals surface area contributed by atoms with E-state index in [0.717, 1.165) is 5.56 Å². The van der Waals surface area contributed by atoms with Crippen LogP contribution in [0.4, 0.5) is 5.82 Å². The summed E-state index contributed by atoms with van der Waals surface area (Å²) in [5.74, 6) is -0.00196. The van der Waals surface area contributed by atoms with Crippen LogP contribution in [0.3, 0.4) is 0 Å². The van der Waals surface area contributed by atoms with Gasteiger partial charge in [-0.15, -0.1) is 0 Å². The van der Waals surface area contributed by atoms with Crippen LogP contribution in [-0.4, -0.2) is 38.4 Å². The molecule has 0 aliphatic carbocycles. The van der Waals surface area contributed by atoms with Crippen LogP contribution in [-0.2, 0) is 32.0 Å². The fraction of sp³-hybridized carbons (Fsp3) is 0.300. The molecule has 2 N–H and O–H groups in total. The molecule has 0 bridgehead atoms. The number of nitrogen functional groups attached to an aromatic ring is 1. The number of anilines is 1. The second kappa shape index (κ2) is 9.04. The van der Waals surface area contributed by atoms with E-state index in [0.29, 0.717) is 53.2 Å². The lowest BCUT2D eigenvalue weighted by Crippen LogP contribution is -2.11. The smallest absolute Gasteiger partial charge is 0.302 e. The summed E-state index contributed by atoms with van der Waals surface area (Å²) in [5.41, 5.74) is 8.24. The van der Waals surface area contributed by atoms with Gasteiger partial charge in [0, 0.05) is 19.9 Å². The molecule has 1 aliphatic heterocycles. The first kappa shape index (κ1) is 20.0. The average molecular weight is 427 g/mol. The quantitative estimate of drug-likeness (QED) is 0.428. The number of aryl methyl sites for hydroxylation is 1. The summed E-state index contributed by atoms with van der Waals surface area (Å²) in [4.78, 5) is 23.9. The predicted molar refractivity (Wildman–Crippen MR) is 111 cm³/mol. The van der Waals surface area contributed by atoms with Gasteiger partial charge >= 0.3 is 5.97 Å². The fourth-order valence-electron chi connectivity index (χ4n) is 3.00. The summed E-state index contributed by atoms with van der Waals surface area (Å²) < 4.78 is 18.5. The van der Waals surface area contributed by atoms with Gasteiger partial charge in [0.2, 0.25) is 6.29 Å².